The molecule has 2 heterocycles. The number of pyridine rings is 1. The third-order valence-corrected chi connectivity index (χ3v) is 11.9. The maximum absolute atomic E-state index is 11.1. The van der Waals surface area contributed by atoms with Crippen LogP contribution in [0.3, 0.4) is 0 Å². The van der Waals surface area contributed by atoms with Crippen molar-refractivity contribution in [2.24, 2.45) is 0 Å². The molecule has 6 aromatic rings. The molecule has 11 nitrogen and oxygen atoms in total. The van der Waals surface area contributed by atoms with Crippen molar-refractivity contribution in [3.05, 3.63) is 135 Å². The summed E-state index contributed by atoms with van der Waals surface area (Å²) in [6.45, 7) is 5.16. The topological polar surface area (TPSA) is 186 Å². The molecule has 0 radical (unpaired) electrons. The number of carboxylic acid groups (broad SMARTS) is 2. The van der Waals surface area contributed by atoms with Crippen LogP contribution < -0.4 is 10.1 Å². The number of fused-ring (bicyclic) bond motifs is 1. The minimum absolute atomic E-state index is 0.186. The first-order valence-electron chi connectivity index (χ1n) is 19.7. The van der Waals surface area contributed by atoms with Crippen LogP contribution in [0.5, 0.6) is 5.75 Å². The molecule has 60 heavy (non-hydrogen) atoms. The Hall–Kier alpha value is -5.68. The van der Waals surface area contributed by atoms with Gasteiger partial charge >= 0.3 is 11.9 Å². The molecule has 13 heteroatoms. The summed E-state index contributed by atoms with van der Waals surface area (Å²) in [6, 6.07) is 26.3. The zero-order valence-corrected chi connectivity index (χ0v) is 35.0. The fourth-order valence-corrected chi connectivity index (χ4v) is 8.66. The average molecular weight is 847 g/mol. The SMILES string of the molecule is Cc1c(COc2cc(CCc3cncc(C#N)c3)c(CCC[C@@H](O)CC(=O)O)cc2Cl)cccc1-c1cccc(-c2nc3ccc(CNC[C@@H](O)CC(=O)O)cc3s2)c1C. The number of aliphatic hydroxyl groups is 2. The smallest absolute Gasteiger partial charge is 0.306 e. The third kappa shape index (κ3) is 11.5. The van der Waals surface area contributed by atoms with Gasteiger partial charge in [-0.05, 0) is 126 Å². The van der Waals surface area contributed by atoms with Crippen molar-refractivity contribution >= 4 is 45.1 Å². The second-order valence-corrected chi connectivity index (χ2v) is 16.4. The first-order valence-corrected chi connectivity index (χ1v) is 20.9. The number of hydrogen-bond donors (Lipinski definition) is 5. The summed E-state index contributed by atoms with van der Waals surface area (Å²) >= 11 is 8.46. The highest BCUT2D eigenvalue weighted by atomic mass is 35.5. The van der Waals surface area contributed by atoms with Gasteiger partial charge in [0.15, 0.2) is 0 Å². The Morgan fingerprint density at radius 3 is 2.32 bits per heavy atom. The van der Waals surface area contributed by atoms with E-state index in [0.29, 0.717) is 55.0 Å². The van der Waals surface area contributed by atoms with Gasteiger partial charge in [-0.2, -0.15) is 5.26 Å². The molecular weight excluding hydrogens is 800 g/mol. The molecule has 310 valence electrons. The van der Waals surface area contributed by atoms with E-state index in [9.17, 15) is 25.1 Å². The zero-order chi connectivity index (χ0) is 42.8. The van der Waals surface area contributed by atoms with Crippen LogP contribution in [0.1, 0.15) is 70.2 Å². The average Bonchev–Trinajstić information content (AvgIpc) is 3.63. The van der Waals surface area contributed by atoms with Gasteiger partial charge in [0.1, 0.15) is 23.4 Å². The van der Waals surface area contributed by atoms with Crippen molar-refractivity contribution in [1.82, 2.24) is 15.3 Å². The van der Waals surface area contributed by atoms with Crippen LogP contribution in [-0.2, 0) is 42.0 Å². The fraction of sp³-hybridized carbons (Fsp3) is 0.298. The van der Waals surface area contributed by atoms with Crippen LogP contribution in [0.2, 0.25) is 5.02 Å². The second kappa shape index (κ2) is 20.5. The van der Waals surface area contributed by atoms with Crippen molar-refractivity contribution in [3.63, 3.8) is 0 Å². The molecule has 0 bridgehead atoms. The van der Waals surface area contributed by atoms with Gasteiger partial charge in [0.05, 0.1) is 45.9 Å². The predicted molar refractivity (Wildman–Crippen MR) is 233 cm³/mol. The van der Waals surface area contributed by atoms with Crippen molar-refractivity contribution < 1.29 is 34.8 Å². The van der Waals surface area contributed by atoms with Crippen LogP contribution in [0.15, 0.2) is 85.2 Å². The van der Waals surface area contributed by atoms with Gasteiger partial charge in [0.25, 0.3) is 0 Å². The van der Waals surface area contributed by atoms with Gasteiger partial charge in [-0.1, -0.05) is 54.1 Å². The highest BCUT2D eigenvalue weighted by Gasteiger charge is 2.18. The molecule has 0 saturated carbocycles. The number of aryl methyl sites for hydroxylation is 3. The van der Waals surface area contributed by atoms with Crippen molar-refractivity contribution in [3.8, 4) is 33.5 Å². The van der Waals surface area contributed by atoms with Crippen LogP contribution in [0, 0.1) is 25.2 Å². The largest absolute Gasteiger partial charge is 0.487 e. The molecule has 0 amide bonds. The Morgan fingerprint density at radius 2 is 1.55 bits per heavy atom. The summed E-state index contributed by atoms with van der Waals surface area (Å²) in [5, 5.41) is 51.8. The molecule has 0 spiro atoms. The normalized spacial score (nSPS) is 12.3. The molecule has 2 aromatic heterocycles. The summed E-state index contributed by atoms with van der Waals surface area (Å²) in [7, 11) is 0. The number of rotatable bonds is 20. The first kappa shape index (κ1) is 43.9. The lowest BCUT2D eigenvalue weighted by atomic mass is 9.91. The van der Waals surface area contributed by atoms with Crippen LogP contribution in [0.25, 0.3) is 31.9 Å². The van der Waals surface area contributed by atoms with Gasteiger partial charge in [0.2, 0.25) is 0 Å². The summed E-state index contributed by atoms with van der Waals surface area (Å²) in [4.78, 5) is 31.1. The van der Waals surface area contributed by atoms with E-state index >= 15 is 0 Å². The molecule has 4 aromatic carbocycles. The molecule has 0 aliphatic rings. The summed E-state index contributed by atoms with van der Waals surface area (Å²) in [5.74, 6) is -1.53. The van der Waals surface area contributed by atoms with Gasteiger partial charge in [-0.25, -0.2) is 4.98 Å². The molecule has 0 fully saturated rings. The number of aliphatic carboxylic acids is 2. The number of carbonyl (C=O) groups is 2. The molecule has 6 rings (SSSR count). The minimum Gasteiger partial charge on any atom is -0.487 e. The molecule has 5 N–H and O–H groups in total. The van der Waals surface area contributed by atoms with E-state index in [1.807, 2.05) is 48.5 Å². The highest BCUT2D eigenvalue weighted by molar-refractivity contribution is 7.21. The maximum atomic E-state index is 11.1. The highest BCUT2D eigenvalue weighted by Crippen LogP contribution is 2.38. The number of thiazole rings is 1. The molecule has 0 saturated heterocycles. The number of nitriles is 1. The Kier molecular flexibility index (Phi) is 15.0. The maximum Gasteiger partial charge on any atom is 0.306 e. The van der Waals surface area contributed by atoms with Gasteiger partial charge in [-0.3, -0.25) is 14.6 Å². The number of halogens is 1. The zero-order valence-electron chi connectivity index (χ0n) is 33.5. The van der Waals surface area contributed by atoms with E-state index in [-0.39, 0.29) is 26.0 Å². The second-order valence-electron chi connectivity index (χ2n) is 14.9. The van der Waals surface area contributed by atoms with E-state index in [4.69, 9.17) is 31.5 Å². The van der Waals surface area contributed by atoms with Crippen LogP contribution >= 0.6 is 22.9 Å². The summed E-state index contributed by atoms with van der Waals surface area (Å²) in [5.41, 5.74) is 11.7. The number of hydrogen-bond acceptors (Lipinski definition) is 10. The number of aliphatic hydroxyl groups excluding tert-OH is 2. The lowest BCUT2D eigenvalue weighted by Crippen LogP contribution is -2.28. The molecule has 0 unspecified atom stereocenters. The Balaban J connectivity index is 1.19. The molecular formula is C47H47ClN4O7S. The van der Waals surface area contributed by atoms with E-state index in [2.05, 4.69) is 54.5 Å². The quantitative estimate of drug-likeness (QED) is 0.0495. The third-order valence-electron chi connectivity index (χ3n) is 10.5. The number of carboxylic acids is 2. The Morgan fingerprint density at radius 1 is 0.833 bits per heavy atom. The van der Waals surface area contributed by atoms with E-state index < -0.39 is 24.1 Å². The molecule has 2 atom stereocenters. The van der Waals surface area contributed by atoms with E-state index in [1.54, 1.807) is 17.5 Å². The first-order chi connectivity index (χ1) is 28.9. The van der Waals surface area contributed by atoms with Crippen molar-refractivity contribution in [1.29, 1.82) is 5.26 Å². The monoisotopic (exact) mass is 846 g/mol. The van der Waals surface area contributed by atoms with Crippen molar-refractivity contribution in [2.75, 3.05) is 6.54 Å². The van der Waals surface area contributed by atoms with E-state index in [0.717, 1.165) is 70.9 Å². The van der Waals surface area contributed by atoms with Crippen LogP contribution in [-0.4, -0.2) is 61.1 Å². The van der Waals surface area contributed by atoms with Crippen LogP contribution in [0.4, 0.5) is 0 Å². The Bertz CT molecular complexity index is 2530. The minimum atomic E-state index is -1.03. The number of nitrogens with one attached hydrogen (secondary N) is 1. The van der Waals surface area contributed by atoms with Gasteiger partial charge < -0.3 is 30.5 Å². The van der Waals surface area contributed by atoms with E-state index in [1.165, 1.54) is 6.20 Å². The summed E-state index contributed by atoms with van der Waals surface area (Å²) < 4.78 is 7.47. The standard InChI is InChI=1S/C47H47ClN4O7S/c1-28-35(27-59-43-19-34(14-12-30-16-32(22-49)25-50-23-30)33(18-41(43)48)6-3-8-36(53)20-45(55)56)7-4-9-38(28)39-10-5-11-40(29(39)2)47-52-42-15-13-31(17-44(42)60-47)24-51-26-37(54)21-46(57)58/h4-5,7,9-11,13,15-19,23,25,36-37,51,53-54H,3,6,8,12,14,20-21,24,26-27H2,1-2H3,(H,55,56)(H,57,58)/t36-,37+/m1/s1. The predicted octanol–water partition coefficient (Wildman–Crippen LogP) is 8.61. The molecule has 0 aliphatic heterocycles. The number of benzene rings is 4. The summed E-state index contributed by atoms with van der Waals surface area (Å²) in [6.07, 6.45) is 3.60. The number of aromatic nitrogens is 2. The Labute approximate surface area is 357 Å². The van der Waals surface area contributed by atoms with Gasteiger partial charge in [0, 0.05) is 31.0 Å². The lowest BCUT2D eigenvalue weighted by Gasteiger charge is -2.18. The number of ether oxygens (including phenoxy) is 1. The number of nitrogens with zero attached hydrogens (tertiary/aromatic N) is 3. The van der Waals surface area contributed by atoms with Gasteiger partial charge in [-0.15, -0.1) is 11.3 Å². The molecule has 0 aliphatic carbocycles. The fourth-order valence-electron chi connectivity index (χ4n) is 7.31. The van der Waals surface area contributed by atoms with Crippen molar-refractivity contribution in [2.45, 2.75) is 84.2 Å². The lowest BCUT2D eigenvalue weighted by molar-refractivity contribution is -0.140.